The van der Waals surface area contributed by atoms with Gasteiger partial charge < -0.3 is 19.9 Å². The summed E-state index contributed by atoms with van der Waals surface area (Å²) in [7, 11) is 0. The topological polar surface area (TPSA) is 53.2 Å². The Labute approximate surface area is 124 Å². The number of hydrogen-bond donors (Lipinski definition) is 2. The van der Waals surface area contributed by atoms with Gasteiger partial charge >= 0.3 is 6.36 Å². The van der Waals surface area contributed by atoms with Gasteiger partial charge in [0.15, 0.2) is 0 Å². The molecular weight excluding hydrogens is 297 g/mol. The van der Waals surface area contributed by atoms with Gasteiger partial charge in [-0.3, -0.25) is 0 Å². The van der Waals surface area contributed by atoms with Crippen LogP contribution in [0.15, 0.2) is 18.2 Å². The molecule has 1 aromatic carbocycles. The van der Waals surface area contributed by atoms with Crippen molar-refractivity contribution in [1.29, 1.82) is 0 Å². The molecule has 2 aromatic rings. The molecule has 2 aliphatic heterocycles. The number of H-pyrrole nitrogens is 1. The molecule has 4 rings (SSSR count). The summed E-state index contributed by atoms with van der Waals surface area (Å²) in [5.74, 6) is 1.10. The van der Waals surface area contributed by atoms with Crippen LogP contribution in [0.5, 0.6) is 5.75 Å². The molecule has 0 amide bonds. The first-order chi connectivity index (χ1) is 10.5. The van der Waals surface area contributed by atoms with E-state index in [0.717, 1.165) is 32.0 Å². The minimum atomic E-state index is -4.69. The lowest BCUT2D eigenvalue weighted by Gasteiger charge is -2.22. The predicted molar refractivity (Wildman–Crippen MR) is 74.9 cm³/mol. The Bertz CT molecular complexity index is 699. The van der Waals surface area contributed by atoms with Crippen molar-refractivity contribution in [2.45, 2.75) is 18.8 Å². The molecule has 2 saturated heterocycles. The number of alkyl halides is 3. The van der Waals surface area contributed by atoms with Gasteiger partial charge in [0.25, 0.3) is 0 Å². The lowest BCUT2D eigenvalue weighted by molar-refractivity contribution is -0.274. The minimum Gasteiger partial charge on any atom is -0.406 e. The van der Waals surface area contributed by atoms with E-state index in [1.54, 1.807) is 0 Å². The van der Waals surface area contributed by atoms with E-state index in [9.17, 15) is 13.2 Å². The Kier molecular flexibility index (Phi) is 2.97. The summed E-state index contributed by atoms with van der Waals surface area (Å²) in [5, 5.41) is 3.36. The predicted octanol–water partition coefficient (Wildman–Crippen LogP) is 2.26. The molecule has 8 heteroatoms. The Hall–Kier alpha value is -1.96. The number of nitrogens with zero attached hydrogens (tertiary/aromatic N) is 2. The summed E-state index contributed by atoms with van der Waals surface area (Å²) >= 11 is 0. The Morgan fingerprint density at radius 3 is 2.95 bits per heavy atom. The zero-order valence-electron chi connectivity index (χ0n) is 11.7. The second-order valence-electron chi connectivity index (χ2n) is 5.75. The minimum absolute atomic E-state index is 0.239. The van der Waals surface area contributed by atoms with E-state index >= 15 is 0 Å². The molecule has 0 aliphatic carbocycles. The molecule has 0 spiro atoms. The number of benzene rings is 1. The molecule has 2 atom stereocenters. The lowest BCUT2D eigenvalue weighted by Crippen LogP contribution is -2.34. The van der Waals surface area contributed by atoms with Crippen molar-refractivity contribution in [3.05, 3.63) is 18.2 Å². The number of halogens is 3. The summed E-state index contributed by atoms with van der Waals surface area (Å²) in [5.41, 5.74) is 1.19. The third-order valence-corrected chi connectivity index (χ3v) is 4.39. The van der Waals surface area contributed by atoms with Gasteiger partial charge in [-0.15, -0.1) is 13.2 Å². The van der Waals surface area contributed by atoms with Crippen molar-refractivity contribution in [3.63, 3.8) is 0 Å². The van der Waals surface area contributed by atoms with Gasteiger partial charge in [0, 0.05) is 31.7 Å². The van der Waals surface area contributed by atoms with Crippen LogP contribution in [0.1, 0.15) is 6.42 Å². The van der Waals surface area contributed by atoms with Crippen molar-refractivity contribution in [3.8, 4) is 5.75 Å². The number of fused-ring (bicyclic) bond motifs is 2. The van der Waals surface area contributed by atoms with E-state index in [0.29, 0.717) is 23.0 Å². The quantitative estimate of drug-likeness (QED) is 0.893. The van der Waals surface area contributed by atoms with E-state index < -0.39 is 6.36 Å². The molecule has 0 saturated carbocycles. The molecule has 22 heavy (non-hydrogen) atoms. The highest BCUT2D eigenvalue weighted by atomic mass is 19.4. The zero-order chi connectivity index (χ0) is 15.3. The number of aromatic amines is 1. The monoisotopic (exact) mass is 312 g/mol. The van der Waals surface area contributed by atoms with Gasteiger partial charge in [0.2, 0.25) is 5.95 Å². The second-order valence-corrected chi connectivity index (χ2v) is 5.75. The highest BCUT2D eigenvalue weighted by molar-refractivity contribution is 5.79. The maximum absolute atomic E-state index is 12.3. The van der Waals surface area contributed by atoms with Crippen LogP contribution in [0, 0.1) is 5.92 Å². The number of rotatable bonds is 2. The average molecular weight is 312 g/mol. The first-order valence-electron chi connectivity index (χ1n) is 7.22. The third-order valence-electron chi connectivity index (χ3n) is 4.39. The zero-order valence-corrected chi connectivity index (χ0v) is 11.7. The number of ether oxygens (including phenoxy) is 1. The van der Waals surface area contributed by atoms with Crippen LogP contribution in [0.3, 0.4) is 0 Å². The Balaban J connectivity index is 1.63. The Morgan fingerprint density at radius 1 is 1.27 bits per heavy atom. The van der Waals surface area contributed by atoms with Crippen LogP contribution in [-0.2, 0) is 0 Å². The standard InChI is InChI=1S/C14H15F3N4O/c15-14(16,17)22-9-1-2-10-11(5-9)20-13(19-10)21-4-3-8-6-18-7-12(8)21/h1-2,5,8,12,18H,3-4,6-7H2,(H,19,20)/t8-,12+/m1/s1. The summed E-state index contributed by atoms with van der Waals surface area (Å²) in [4.78, 5) is 9.82. The highest BCUT2D eigenvalue weighted by Gasteiger charge is 2.38. The van der Waals surface area contributed by atoms with Gasteiger partial charge in [0.1, 0.15) is 5.75 Å². The summed E-state index contributed by atoms with van der Waals surface area (Å²) in [6.45, 7) is 2.86. The van der Waals surface area contributed by atoms with E-state index in [-0.39, 0.29) is 5.75 Å². The number of aromatic nitrogens is 2. The molecule has 0 bridgehead atoms. The number of nitrogens with one attached hydrogen (secondary N) is 2. The van der Waals surface area contributed by atoms with Gasteiger partial charge in [0.05, 0.1) is 11.0 Å². The lowest BCUT2D eigenvalue weighted by atomic mass is 10.1. The first kappa shape index (κ1) is 13.7. The molecule has 1 aromatic heterocycles. The van der Waals surface area contributed by atoms with Crippen LogP contribution in [-0.4, -0.2) is 42.0 Å². The largest absolute Gasteiger partial charge is 0.573 e. The molecule has 3 heterocycles. The van der Waals surface area contributed by atoms with Gasteiger partial charge in [-0.05, 0) is 24.5 Å². The molecule has 5 nitrogen and oxygen atoms in total. The molecule has 0 unspecified atom stereocenters. The van der Waals surface area contributed by atoms with E-state index in [1.807, 2.05) is 0 Å². The number of imidazole rings is 1. The highest BCUT2D eigenvalue weighted by Crippen LogP contribution is 2.32. The van der Waals surface area contributed by atoms with Crippen molar-refractivity contribution in [2.24, 2.45) is 5.92 Å². The van der Waals surface area contributed by atoms with Crippen LogP contribution in [0.2, 0.25) is 0 Å². The molecule has 118 valence electrons. The molecule has 2 N–H and O–H groups in total. The average Bonchev–Trinajstić information content (AvgIpc) is 3.09. The fourth-order valence-electron chi connectivity index (χ4n) is 3.42. The van der Waals surface area contributed by atoms with E-state index in [4.69, 9.17) is 0 Å². The van der Waals surface area contributed by atoms with Crippen molar-refractivity contribution in [1.82, 2.24) is 15.3 Å². The third kappa shape index (κ3) is 2.37. The smallest absolute Gasteiger partial charge is 0.406 e. The molecular formula is C14H15F3N4O. The second kappa shape index (κ2) is 4.77. The van der Waals surface area contributed by atoms with Crippen molar-refractivity contribution >= 4 is 17.0 Å². The number of anilines is 1. The van der Waals surface area contributed by atoms with Gasteiger partial charge in [-0.2, -0.15) is 0 Å². The van der Waals surface area contributed by atoms with E-state index in [1.165, 1.54) is 18.2 Å². The van der Waals surface area contributed by atoms with Crippen LogP contribution >= 0.6 is 0 Å². The van der Waals surface area contributed by atoms with E-state index in [2.05, 4.69) is 24.9 Å². The fourth-order valence-corrected chi connectivity index (χ4v) is 3.42. The van der Waals surface area contributed by atoms with Crippen LogP contribution < -0.4 is 15.0 Å². The summed E-state index contributed by atoms with van der Waals surface area (Å²) < 4.78 is 40.8. The molecule has 2 fully saturated rings. The summed E-state index contributed by atoms with van der Waals surface area (Å²) in [6.07, 6.45) is -3.58. The Morgan fingerprint density at radius 2 is 2.14 bits per heavy atom. The normalized spacial score (nSPS) is 25.0. The maximum atomic E-state index is 12.3. The van der Waals surface area contributed by atoms with Crippen molar-refractivity contribution < 1.29 is 17.9 Å². The SMILES string of the molecule is FC(F)(F)Oc1ccc2nc(N3CC[C@@H]4CNC[C@@H]43)[nH]c2c1. The molecule has 2 aliphatic rings. The van der Waals surface area contributed by atoms with Crippen LogP contribution in [0.25, 0.3) is 11.0 Å². The maximum Gasteiger partial charge on any atom is 0.573 e. The van der Waals surface area contributed by atoms with Crippen molar-refractivity contribution in [2.75, 3.05) is 24.5 Å². The number of hydrogen-bond acceptors (Lipinski definition) is 4. The van der Waals surface area contributed by atoms with Gasteiger partial charge in [-0.25, -0.2) is 4.98 Å². The van der Waals surface area contributed by atoms with Crippen LogP contribution in [0.4, 0.5) is 19.1 Å². The first-order valence-corrected chi connectivity index (χ1v) is 7.22. The van der Waals surface area contributed by atoms with Gasteiger partial charge in [-0.1, -0.05) is 0 Å². The summed E-state index contributed by atoms with van der Waals surface area (Å²) in [6, 6.07) is 4.56. The molecule has 0 radical (unpaired) electrons. The fraction of sp³-hybridized carbons (Fsp3) is 0.500.